The van der Waals surface area contributed by atoms with Crippen LogP contribution in [0.2, 0.25) is 0 Å². The molecule has 1 N–H and O–H groups in total. The van der Waals surface area contributed by atoms with Crippen molar-refractivity contribution in [1.82, 2.24) is 14.5 Å². The van der Waals surface area contributed by atoms with Crippen molar-refractivity contribution < 1.29 is 4.42 Å². The Balaban J connectivity index is 1.96. The van der Waals surface area contributed by atoms with Gasteiger partial charge in [-0.1, -0.05) is 0 Å². The van der Waals surface area contributed by atoms with Gasteiger partial charge in [0.2, 0.25) is 0 Å². The number of anilines is 1. The zero-order valence-electron chi connectivity index (χ0n) is 11.7. The molecule has 4 heterocycles. The fourth-order valence-corrected chi connectivity index (χ4v) is 3.55. The summed E-state index contributed by atoms with van der Waals surface area (Å²) in [4.78, 5) is 22.3. The minimum Gasteiger partial charge on any atom is -0.467 e. The summed E-state index contributed by atoms with van der Waals surface area (Å²) in [7, 11) is 1.84. The average molecular weight is 312 g/mol. The Bertz CT molecular complexity index is 1020. The minimum absolute atomic E-state index is 0.0774. The second-order valence-electron chi connectivity index (χ2n) is 4.83. The predicted octanol–water partition coefficient (Wildman–Crippen LogP) is 2.69. The number of furan rings is 1. The van der Waals surface area contributed by atoms with Crippen molar-refractivity contribution in [2.45, 2.75) is 6.54 Å². The molecule has 110 valence electrons. The second kappa shape index (κ2) is 4.96. The first kappa shape index (κ1) is 13.0. The molecular weight excluding hydrogens is 300 g/mol. The molecule has 22 heavy (non-hydrogen) atoms. The maximum Gasteiger partial charge on any atom is 0.271 e. The van der Waals surface area contributed by atoms with Crippen molar-refractivity contribution in [1.29, 1.82) is 0 Å². The van der Waals surface area contributed by atoms with E-state index in [1.165, 1.54) is 11.3 Å². The number of hydrogen-bond donors (Lipinski definition) is 1. The highest BCUT2D eigenvalue weighted by Gasteiger charge is 2.15. The van der Waals surface area contributed by atoms with E-state index in [9.17, 15) is 4.79 Å². The van der Waals surface area contributed by atoms with Crippen LogP contribution in [-0.2, 0) is 6.54 Å². The number of nitrogens with zero attached hydrogens (tertiary/aromatic N) is 3. The van der Waals surface area contributed by atoms with E-state index in [1.807, 2.05) is 19.2 Å². The summed E-state index contributed by atoms with van der Waals surface area (Å²) in [5.74, 6) is 0.721. The quantitative estimate of drug-likeness (QED) is 0.629. The highest BCUT2D eigenvalue weighted by Crippen LogP contribution is 2.33. The maximum atomic E-state index is 12.7. The molecule has 0 amide bonds. The van der Waals surface area contributed by atoms with Crippen LogP contribution in [0, 0.1) is 0 Å². The van der Waals surface area contributed by atoms with E-state index >= 15 is 0 Å². The first-order valence-electron chi connectivity index (χ1n) is 6.74. The minimum atomic E-state index is -0.0774. The molecule has 0 atom stereocenters. The fourth-order valence-electron chi connectivity index (χ4n) is 2.48. The van der Waals surface area contributed by atoms with Crippen molar-refractivity contribution in [3.05, 3.63) is 53.1 Å². The first-order chi connectivity index (χ1) is 10.8. The Hall–Kier alpha value is -2.67. The van der Waals surface area contributed by atoms with E-state index in [1.54, 1.807) is 29.4 Å². The summed E-state index contributed by atoms with van der Waals surface area (Å²) in [5, 5.41) is 4.02. The lowest BCUT2D eigenvalue weighted by atomic mass is 10.2. The smallest absolute Gasteiger partial charge is 0.271 e. The Kier molecular flexibility index (Phi) is 2.93. The molecule has 0 unspecified atom stereocenters. The third-order valence-corrected chi connectivity index (χ3v) is 4.60. The van der Waals surface area contributed by atoms with Crippen LogP contribution < -0.4 is 10.9 Å². The van der Waals surface area contributed by atoms with Crippen molar-refractivity contribution >= 4 is 37.5 Å². The lowest BCUT2D eigenvalue weighted by molar-refractivity contribution is 0.489. The molecule has 6 nitrogen and oxygen atoms in total. The third kappa shape index (κ3) is 1.90. The van der Waals surface area contributed by atoms with Crippen molar-refractivity contribution in [2.75, 3.05) is 12.4 Å². The van der Waals surface area contributed by atoms with E-state index in [0.29, 0.717) is 16.8 Å². The lowest BCUT2D eigenvalue weighted by Gasteiger charge is -2.03. The van der Waals surface area contributed by atoms with Gasteiger partial charge in [0, 0.05) is 18.9 Å². The lowest BCUT2D eigenvalue weighted by Crippen LogP contribution is -2.19. The SMILES string of the molecule is CNc1ccnc2sc3c(=O)n(Cc4ccco4)cnc3c12. The zero-order chi connectivity index (χ0) is 15.1. The Labute approximate surface area is 129 Å². The molecular formula is C15H12N4O2S. The van der Waals surface area contributed by atoms with Gasteiger partial charge in [-0.25, -0.2) is 9.97 Å². The van der Waals surface area contributed by atoms with Crippen LogP contribution in [0.1, 0.15) is 5.76 Å². The largest absolute Gasteiger partial charge is 0.467 e. The van der Waals surface area contributed by atoms with Crippen LogP contribution in [0.15, 0.2) is 46.2 Å². The second-order valence-corrected chi connectivity index (χ2v) is 5.82. The monoisotopic (exact) mass is 312 g/mol. The van der Waals surface area contributed by atoms with Crippen LogP contribution in [0.3, 0.4) is 0 Å². The molecule has 7 heteroatoms. The molecule has 0 radical (unpaired) electrons. The number of pyridine rings is 1. The molecule has 0 saturated heterocycles. The third-order valence-electron chi connectivity index (χ3n) is 3.52. The number of aromatic nitrogens is 3. The summed E-state index contributed by atoms with van der Waals surface area (Å²) in [6.45, 7) is 0.370. The molecule has 0 saturated carbocycles. The topological polar surface area (TPSA) is 73.0 Å². The van der Waals surface area contributed by atoms with E-state index < -0.39 is 0 Å². The van der Waals surface area contributed by atoms with Crippen molar-refractivity contribution in [3.63, 3.8) is 0 Å². The Morgan fingerprint density at radius 1 is 1.36 bits per heavy atom. The Morgan fingerprint density at radius 3 is 3.05 bits per heavy atom. The summed E-state index contributed by atoms with van der Waals surface area (Å²) in [6, 6.07) is 5.52. The fraction of sp³-hybridized carbons (Fsp3) is 0.133. The van der Waals surface area contributed by atoms with Gasteiger partial charge in [-0.2, -0.15) is 0 Å². The van der Waals surface area contributed by atoms with Gasteiger partial charge in [0.1, 0.15) is 15.3 Å². The zero-order valence-corrected chi connectivity index (χ0v) is 12.6. The van der Waals surface area contributed by atoms with Crippen LogP contribution in [0.25, 0.3) is 20.4 Å². The van der Waals surface area contributed by atoms with Crippen molar-refractivity contribution in [3.8, 4) is 0 Å². The van der Waals surface area contributed by atoms with Gasteiger partial charge >= 0.3 is 0 Å². The van der Waals surface area contributed by atoms with E-state index in [0.717, 1.165) is 21.7 Å². The van der Waals surface area contributed by atoms with Gasteiger partial charge in [-0.05, 0) is 18.2 Å². The molecule has 4 aromatic heterocycles. The van der Waals surface area contributed by atoms with Gasteiger partial charge in [0.05, 0.1) is 30.0 Å². The number of nitrogens with one attached hydrogen (secondary N) is 1. The Morgan fingerprint density at radius 2 is 2.27 bits per heavy atom. The van der Waals surface area contributed by atoms with Gasteiger partial charge in [-0.3, -0.25) is 9.36 Å². The van der Waals surface area contributed by atoms with Crippen LogP contribution >= 0.6 is 11.3 Å². The molecule has 0 fully saturated rings. The molecule has 0 aliphatic rings. The standard InChI is InChI=1S/C15H12N4O2S/c1-16-10-4-5-17-14-11(10)12-13(22-14)15(20)19(8-18-12)7-9-3-2-6-21-9/h2-6,8H,7H2,1H3,(H,16,17). The maximum absolute atomic E-state index is 12.7. The van der Waals surface area contributed by atoms with Crippen LogP contribution in [-0.4, -0.2) is 21.6 Å². The van der Waals surface area contributed by atoms with E-state index in [2.05, 4.69) is 15.3 Å². The number of thiophene rings is 1. The van der Waals surface area contributed by atoms with Gasteiger partial charge < -0.3 is 9.73 Å². The van der Waals surface area contributed by atoms with Gasteiger partial charge in [0.25, 0.3) is 5.56 Å². The number of fused-ring (bicyclic) bond motifs is 3. The summed E-state index contributed by atoms with van der Waals surface area (Å²) in [5.41, 5.74) is 1.54. The van der Waals surface area contributed by atoms with E-state index in [-0.39, 0.29) is 5.56 Å². The average Bonchev–Trinajstić information content (AvgIpc) is 3.17. The highest BCUT2D eigenvalue weighted by atomic mass is 32.1. The summed E-state index contributed by atoms with van der Waals surface area (Å²) < 4.78 is 7.46. The number of hydrogen-bond acceptors (Lipinski definition) is 6. The molecule has 0 aliphatic heterocycles. The molecule has 0 spiro atoms. The summed E-state index contributed by atoms with van der Waals surface area (Å²) in [6.07, 6.45) is 4.88. The molecule has 0 bridgehead atoms. The molecule has 4 rings (SSSR count). The van der Waals surface area contributed by atoms with Gasteiger partial charge in [-0.15, -0.1) is 11.3 Å². The first-order valence-corrected chi connectivity index (χ1v) is 7.56. The van der Waals surface area contributed by atoms with Crippen molar-refractivity contribution in [2.24, 2.45) is 0 Å². The molecule has 4 aromatic rings. The number of rotatable bonds is 3. The predicted molar refractivity (Wildman–Crippen MR) is 86.5 cm³/mol. The molecule has 0 aromatic carbocycles. The normalized spacial score (nSPS) is 11.3. The van der Waals surface area contributed by atoms with Gasteiger partial charge in [0.15, 0.2) is 0 Å². The molecule has 0 aliphatic carbocycles. The van der Waals surface area contributed by atoms with Crippen LogP contribution in [0.4, 0.5) is 5.69 Å². The highest BCUT2D eigenvalue weighted by molar-refractivity contribution is 7.25. The summed E-state index contributed by atoms with van der Waals surface area (Å²) >= 11 is 1.37. The van der Waals surface area contributed by atoms with E-state index in [4.69, 9.17) is 4.42 Å². The van der Waals surface area contributed by atoms with Crippen LogP contribution in [0.5, 0.6) is 0 Å².